The molecule has 0 saturated carbocycles. The summed E-state index contributed by atoms with van der Waals surface area (Å²) in [5, 5.41) is 3.43. The van der Waals surface area contributed by atoms with E-state index in [1.54, 1.807) is 12.4 Å². The Balaban J connectivity index is 2.41. The minimum atomic E-state index is 0.154. The van der Waals surface area contributed by atoms with Crippen molar-refractivity contribution in [1.29, 1.82) is 0 Å². The van der Waals surface area contributed by atoms with Crippen LogP contribution in [0.3, 0.4) is 0 Å². The Morgan fingerprint density at radius 1 is 1.31 bits per heavy atom. The van der Waals surface area contributed by atoms with Crippen LogP contribution >= 0.6 is 15.9 Å². The predicted octanol–water partition coefficient (Wildman–Crippen LogP) is 2.06. The molecular formula is C11H19BrN4. The van der Waals surface area contributed by atoms with E-state index in [0.717, 1.165) is 23.5 Å². The van der Waals surface area contributed by atoms with Gasteiger partial charge >= 0.3 is 0 Å². The van der Waals surface area contributed by atoms with Crippen molar-refractivity contribution < 1.29 is 0 Å². The lowest BCUT2D eigenvalue weighted by Gasteiger charge is -2.23. The molecule has 0 amide bonds. The molecule has 0 fully saturated rings. The van der Waals surface area contributed by atoms with E-state index in [1.165, 1.54) is 0 Å². The van der Waals surface area contributed by atoms with Crippen molar-refractivity contribution in [3.63, 3.8) is 0 Å². The molecule has 0 aliphatic carbocycles. The van der Waals surface area contributed by atoms with Crippen molar-refractivity contribution in [2.75, 3.05) is 25.0 Å². The highest BCUT2D eigenvalue weighted by Crippen LogP contribution is 2.09. The average Bonchev–Trinajstić information content (AvgIpc) is 2.16. The van der Waals surface area contributed by atoms with Crippen molar-refractivity contribution >= 4 is 21.9 Å². The van der Waals surface area contributed by atoms with Crippen molar-refractivity contribution in [3.05, 3.63) is 16.9 Å². The number of anilines is 1. The largest absolute Gasteiger partial charge is 0.343 e. The normalized spacial score (nSPS) is 11.6. The molecule has 1 aromatic heterocycles. The summed E-state index contributed by atoms with van der Waals surface area (Å²) in [6.45, 7) is 8.27. The second-order valence-corrected chi connectivity index (χ2v) is 5.72. The van der Waals surface area contributed by atoms with Gasteiger partial charge in [-0.2, -0.15) is 0 Å². The molecule has 16 heavy (non-hydrogen) atoms. The Bertz CT molecular complexity index is 318. The van der Waals surface area contributed by atoms with Crippen molar-refractivity contribution in [1.82, 2.24) is 15.3 Å². The minimum absolute atomic E-state index is 0.154. The maximum atomic E-state index is 4.23. The van der Waals surface area contributed by atoms with Crippen molar-refractivity contribution in [2.24, 2.45) is 0 Å². The molecule has 0 spiro atoms. The lowest BCUT2D eigenvalue weighted by atomic mass is 10.1. The molecule has 1 heterocycles. The number of hydrogen-bond acceptors (Lipinski definition) is 4. The summed E-state index contributed by atoms with van der Waals surface area (Å²) in [6.07, 6.45) is 3.52. The predicted molar refractivity (Wildman–Crippen MR) is 70.8 cm³/mol. The molecule has 90 valence electrons. The quantitative estimate of drug-likeness (QED) is 0.920. The lowest BCUT2D eigenvalue weighted by Crippen LogP contribution is -2.40. The number of aromatic nitrogens is 2. The Morgan fingerprint density at radius 3 is 2.38 bits per heavy atom. The van der Waals surface area contributed by atoms with E-state index in [4.69, 9.17) is 0 Å². The fourth-order valence-corrected chi connectivity index (χ4v) is 1.41. The van der Waals surface area contributed by atoms with Crippen LogP contribution in [-0.2, 0) is 0 Å². The van der Waals surface area contributed by atoms with E-state index in [1.807, 2.05) is 11.9 Å². The second-order valence-electron chi connectivity index (χ2n) is 4.80. The zero-order chi connectivity index (χ0) is 12.2. The first-order valence-electron chi connectivity index (χ1n) is 5.32. The van der Waals surface area contributed by atoms with Crippen LogP contribution in [0.25, 0.3) is 0 Å². The molecule has 0 aliphatic rings. The third-order valence-electron chi connectivity index (χ3n) is 2.05. The Hall–Kier alpha value is -0.680. The van der Waals surface area contributed by atoms with Crippen LogP contribution in [0.1, 0.15) is 20.8 Å². The van der Waals surface area contributed by atoms with Crippen LogP contribution in [0.5, 0.6) is 0 Å². The van der Waals surface area contributed by atoms with Crippen LogP contribution in [0.4, 0.5) is 5.95 Å². The van der Waals surface area contributed by atoms with E-state index >= 15 is 0 Å². The molecule has 0 radical (unpaired) electrons. The average molecular weight is 287 g/mol. The monoisotopic (exact) mass is 286 g/mol. The zero-order valence-electron chi connectivity index (χ0n) is 10.3. The summed E-state index contributed by atoms with van der Waals surface area (Å²) in [5.74, 6) is 0.749. The van der Waals surface area contributed by atoms with Gasteiger partial charge in [0, 0.05) is 38.1 Å². The molecule has 0 bridgehead atoms. The van der Waals surface area contributed by atoms with Crippen LogP contribution in [0.15, 0.2) is 16.9 Å². The summed E-state index contributed by atoms with van der Waals surface area (Å²) in [5.41, 5.74) is 0.154. The van der Waals surface area contributed by atoms with Gasteiger partial charge in [-0.25, -0.2) is 9.97 Å². The maximum Gasteiger partial charge on any atom is 0.225 e. The third kappa shape index (κ3) is 4.90. The summed E-state index contributed by atoms with van der Waals surface area (Å²) >= 11 is 3.32. The summed E-state index contributed by atoms with van der Waals surface area (Å²) in [4.78, 5) is 10.5. The Kier molecular flexibility index (Phi) is 4.68. The zero-order valence-corrected chi connectivity index (χ0v) is 11.9. The van der Waals surface area contributed by atoms with Gasteiger partial charge in [-0.05, 0) is 36.7 Å². The Morgan fingerprint density at radius 2 is 1.88 bits per heavy atom. The highest BCUT2D eigenvalue weighted by Gasteiger charge is 2.09. The topological polar surface area (TPSA) is 41.0 Å². The number of rotatable bonds is 4. The van der Waals surface area contributed by atoms with Gasteiger partial charge in [-0.15, -0.1) is 0 Å². The van der Waals surface area contributed by atoms with Gasteiger partial charge < -0.3 is 10.2 Å². The van der Waals surface area contributed by atoms with Crippen molar-refractivity contribution in [2.45, 2.75) is 26.3 Å². The molecular weight excluding hydrogens is 268 g/mol. The fourth-order valence-electron chi connectivity index (χ4n) is 1.20. The van der Waals surface area contributed by atoms with Gasteiger partial charge in [0.25, 0.3) is 0 Å². The molecule has 0 unspecified atom stereocenters. The molecule has 0 aromatic carbocycles. The summed E-state index contributed by atoms with van der Waals surface area (Å²) in [7, 11) is 1.99. The summed E-state index contributed by atoms with van der Waals surface area (Å²) in [6, 6.07) is 0. The standard InChI is InChI=1S/C11H19BrN4/c1-11(2,3)15-5-6-16(4)10-13-7-9(12)8-14-10/h7-8,15H,5-6H2,1-4H3. The van der Waals surface area contributed by atoms with E-state index in [9.17, 15) is 0 Å². The molecule has 1 aromatic rings. The molecule has 0 saturated heterocycles. The number of nitrogens with zero attached hydrogens (tertiary/aromatic N) is 3. The van der Waals surface area contributed by atoms with Crippen LogP contribution in [0.2, 0.25) is 0 Å². The Labute approximate surface area is 106 Å². The van der Waals surface area contributed by atoms with E-state index in [0.29, 0.717) is 0 Å². The van der Waals surface area contributed by atoms with Crippen LogP contribution in [-0.4, -0.2) is 35.6 Å². The lowest BCUT2D eigenvalue weighted by molar-refractivity contribution is 0.430. The highest BCUT2D eigenvalue weighted by molar-refractivity contribution is 9.10. The van der Waals surface area contributed by atoms with Gasteiger partial charge in [0.15, 0.2) is 0 Å². The minimum Gasteiger partial charge on any atom is -0.343 e. The number of halogens is 1. The molecule has 1 rings (SSSR count). The van der Waals surface area contributed by atoms with E-state index in [2.05, 4.69) is 52.0 Å². The fraction of sp³-hybridized carbons (Fsp3) is 0.636. The molecule has 0 atom stereocenters. The third-order valence-corrected chi connectivity index (χ3v) is 2.46. The molecule has 1 N–H and O–H groups in total. The van der Waals surface area contributed by atoms with Gasteiger partial charge in [0.1, 0.15) is 0 Å². The number of likely N-dealkylation sites (N-methyl/N-ethyl adjacent to an activating group) is 1. The van der Waals surface area contributed by atoms with Crippen molar-refractivity contribution in [3.8, 4) is 0 Å². The maximum absolute atomic E-state index is 4.23. The van der Waals surface area contributed by atoms with Crippen LogP contribution in [0, 0.1) is 0 Å². The molecule has 4 nitrogen and oxygen atoms in total. The first-order chi connectivity index (χ1) is 7.38. The smallest absolute Gasteiger partial charge is 0.225 e. The van der Waals surface area contributed by atoms with Crippen LogP contribution < -0.4 is 10.2 Å². The van der Waals surface area contributed by atoms with Gasteiger partial charge in [-0.3, -0.25) is 0 Å². The summed E-state index contributed by atoms with van der Waals surface area (Å²) < 4.78 is 0.900. The SMILES string of the molecule is CN(CCNC(C)(C)C)c1ncc(Br)cn1. The van der Waals surface area contributed by atoms with Gasteiger partial charge in [-0.1, -0.05) is 0 Å². The number of nitrogens with one attached hydrogen (secondary N) is 1. The van der Waals surface area contributed by atoms with E-state index in [-0.39, 0.29) is 5.54 Å². The van der Waals surface area contributed by atoms with Gasteiger partial charge in [0.2, 0.25) is 5.95 Å². The van der Waals surface area contributed by atoms with E-state index < -0.39 is 0 Å². The van der Waals surface area contributed by atoms with Gasteiger partial charge in [0.05, 0.1) is 4.47 Å². The molecule has 5 heteroatoms. The first-order valence-corrected chi connectivity index (χ1v) is 6.11. The molecule has 0 aliphatic heterocycles. The first kappa shape index (κ1) is 13.4. The highest BCUT2D eigenvalue weighted by atomic mass is 79.9. The number of hydrogen-bond donors (Lipinski definition) is 1. The second kappa shape index (κ2) is 5.59.